The largest absolute Gasteiger partial charge is 0.478 e. The first-order valence-electron chi connectivity index (χ1n) is 8.59. The highest BCUT2D eigenvalue weighted by Crippen LogP contribution is 2.61. The van der Waals surface area contributed by atoms with Crippen molar-refractivity contribution in [2.75, 3.05) is 13.9 Å². The number of hydrogen-bond acceptors (Lipinski definition) is 3. The number of methoxy groups -OCH3 is 1. The number of aromatic carboxylic acids is 1. The molecule has 0 aromatic heterocycles. The number of benzene rings is 1. The van der Waals surface area contributed by atoms with Gasteiger partial charge in [0.2, 0.25) is 0 Å². The smallest absolute Gasteiger partial charge is 0.335 e. The van der Waals surface area contributed by atoms with E-state index in [-0.39, 0.29) is 12.2 Å². The van der Waals surface area contributed by atoms with E-state index in [1.54, 1.807) is 13.2 Å². The van der Waals surface area contributed by atoms with Crippen LogP contribution < -0.4 is 4.74 Å². The van der Waals surface area contributed by atoms with Crippen LogP contribution in [0.1, 0.15) is 54.4 Å². The highest BCUT2D eigenvalue weighted by molar-refractivity contribution is 5.88. The minimum absolute atomic E-state index is 0.114. The van der Waals surface area contributed by atoms with E-state index in [0.29, 0.717) is 5.56 Å². The molecule has 23 heavy (non-hydrogen) atoms. The van der Waals surface area contributed by atoms with E-state index >= 15 is 0 Å². The van der Waals surface area contributed by atoms with Gasteiger partial charge in [-0.3, -0.25) is 0 Å². The Morgan fingerprint density at radius 1 is 1.17 bits per heavy atom. The van der Waals surface area contributed by atoms with E-state index in [2.05, 4.69) is 0 Å². The van der Waals surface area contributed by atoms with E-state index < -0.39 is 5.97 Å². The quantitative estimate of drug-likeness (QED) is 0.839. The summed E-state index contributed by atoms with van der Waals surface area (Å²) in [6.45, 7) is 0.200. The zero-order chi connectivity index (χ0) is 16.0. The molecule has 0 heterocycles. The molecule has 0 aliphatic heterocycles. The second-order valence-electron chi connectivity index (χ2n) is 7.76. The van der Waals surface area contributed by atoms with Crippen LogP contribution in [0.3, 0.4) is 0 Å². The molecule has 5 rings (SSSR count). The molecule has 4 heteroatoms. The molecular formula is C19H24O4. The third-order valence-electron chi connectivity index (χ3n) is 6.17. The molecular weight excluding hydrogens is 292 g/mol. The zero-order valence-corrected chi connectivity index (χ0v) is 13.6. The van der Waals surface area contributed by atoms with Crippen LogP contribution in [-0.2, 0) is 10.2 Å². The molecule has 1 aromatic rings. The average Bonchev–Trinajstić information content (AvgIpc) is 2.51. The minimum Gasteiger partial charge on any atom is -0.478 e. The van der Waals surface area contributed by atoms with Crippen LogP contribution in [0.2, 0.25) is 0 Å². The van der Waals surface area contributed by atoms with Crippen LogP contribution in [0, 0.1) is 17.8 Å². The first-order valence-corrected chi connectivity index (χ1v) is 8.59. The lowest BCUT2D eigenvalue weighted by molar-refractivity contribution is -0.00885. The lowest BCUT2D eigenvalue weighted by atomic mass is 9.48. The Morgan fingerprint density at radius 3 is 2.30 bits per heavy atom. The van der Waals surface area contributed by atoms with Crippen molar-refractivity contribution in [1.82, 2.24) is 0 Å². The number of ether oxygens (including phenoxy) is 2. The maximum absolute atomic E-state index is 11.4. The fraction of sp³-hybridized carbons (Fsp3) is 0.632. The molecule has 4 aliphatic rings. The normalized spacial score (nSPS) is 34.6. The topological polar surface area (TPSA) is 55.8 Å². The third kappa shape index (κ3) is 2.53. The van der Waals surface area contributed by atoms with Crippen LogP contribution >= 0.6 is 0 Å². The van der Waals surface area contributed by atoms with Gasteiger partial charge < -0.3 is 14.6 Å². The van der Waals surface area contributed by atoms with E-state index in [1.165, 1.54) is 38.5 Å². The Balaban J connectivity index is 1.76. The standard InChI is InChI=1S/C19H24O4/c1-22-11-23-17-3-2-15(18(20)21)7-16(17)19-8-12-4-13(9-19)6-14(5-12)10-19/h2-3,7,12-14H,4-6,8-11H2,1H3,(H,20,21). The lowest BCUT2D eigenvalue weighted by Crippen LogP contribution is -2.48. The SMILES string of the molecule is COCOc1ccc(C(=O)O)cc1C12CC3CC(CC(C3)C1)C2. The molecule has 1 aromatic carbocycles. The Bertz CT molecular complexity index is 587. The highest BCUT2D eigenvalue weighted by Gasteiger charge is 2.52. The molecule has 0 spiro atoms. The van der Waals surface area contributed by atoms with Gasteiger partial charge in [0.25, 0.3) is 0 Å². The summed E-state index contributed by atoms with van der Waals surface area (Å²) in [6.07, 6.45) is 7.66. The second kappa shape index (κ2) is 5.52. The summed E-state index contributed by atoms with van der Waals surface area (Å²) < 4.78 is 10.9. The van der Waals surface area contributed by atoms with Crippen molar-refractivity contribution in [3.8, 4) is 5.75 Å². The predicted molar refractivity (Wildman–Crippen MR) is 85.8 cm³/mol. The average molecular weight is 316 g/mol. The molecule has 4 bridgehead atoms. The van der Waals surface area contributed by atoms with Crippen molar-refractivity contribution in [3.63, 3.8) is 0 Å². The molecule has 0 unspecified atom stereocenters. The number of hydrogen-bond donors (Lipinski definition) is 1. The summed E-state index contributed by atoms with van der Waals surface area (Å²) in [5.41, 5.74) is 1.58. The van der Waals surface area contributed by atoms with Crippen LogP contribution in [0.25, 0.3) is 0 Å². The molecule has 4 nitrogen and oxygen atoms in total. The zero-order valence-electron chi connectivity index (χ0n) is 13.6. The van der Waals surface area contributed by atoms with Crippen LogP contribution in [0.15, 0.2) is 18.2 Å². The number of rotatable bonds is 5. The van der Waals surface area contributed by atoms with Gasteiger partial charge in [0.15, 0.2) is 6.79 Å². The third-order valence-corrected chi connectivity index (χ3v) is 6.17. The van der Waals surface area contributed by atoms with Crippen molar-refractivity contribution in [3.05, 3.63) is 29.3 Å². The van der Waals surface area contributed by atoms with Crippen molar-refractivity contribution >= 4 is 5.97 Å². The summed E-state index contributed by atoms with van der Waals surface area (Å²) in [6, 6.07) is 5.31. The summed E-state index contributed by atoms with van der Waals surface area (Å²) in [5.74, 6) is 2.37. The van der Waals surface area contributed by atoms with Gasteiger partial charge in [0.05, 0.1) is 5.56 Å². The monoisotopic (exact) mass is 316 g/mol. The molecule has 4 fully saturated rings. The summed E-state index contributed by atoms with van der Waals surface area (Å²) in [4.78, 5) is 11.4. The Kier molecular flexibility index (Phi) is 3.60. The van der Waals surface area contributed by atoms with Gasteiger partial charge in [-0.05, 0) is 79.9 Å². The molecule has 0 radical (unpaired) electrons. The van der Waals surface area contributed by atoms with E-state index in [9.17, 15) is 9.90 Å². The minimum atomic E-state index is -0.866. The number of carboxylic acids is 1. The lowest BCUT2D eigenvalue weighted by Gasteiger charge is -2.57. The molecule has 0 saturated heterocycles. The molecule has 0 amide bonds. The molecule has 124 valence electrons. The first kappa shape index (κ1) is 15.0. The fourth-order valence-corrected chi connectivity index (χ4v) is 5.77. The van der Waals surface area contributed by atoms with Gasteiger partial charge in [0, 0.05) is 12.7 Å². The molecule has 0 atom stereocenters. The van der Waals surface area contributed by atoms with Crippen molar-refractivity contribution in [1.29, 1.82) is 0 Å². The summed E-state index contributed by atoms with van der Waals surface area (Å²) in [7, 11) is 1.61. The van der Waals surface area contributed by atoms with Gasteiger partial charge in [-0.15, -0.1) is 0 Å². The molecule has 4 saturated carbocycles. The maximum Gasteiger partial charge on any atom is 0.335 e. The first-order chi connectivity index (χ1) is 11.1. The molecule has 4 aliphatic carbocycles. The highest BCUT2D eigenvalue weighted by atomic mass is 16.7. The van der Waals surface area contributed by atoms with Crippen LogP contribution in [-0.4, -0.2) is 25.0 Å². The predicted octanol–water partition coefficient (Wildman–Crippen LogP) is 3.84. The Hall–Kier alpha value is -1.55. The van der Waals surface area contributed by atoms with Crippen LogP contribution in [0.5, 0.6) is 5.75 Å². The summed E-state index contributed by atoms with van der Waals surface area (Å²) in [5, 5.41) is 9.39. The number of carbonyl (C=O) groups is 1. The van der Waals surface area contributed by atoms with Crippen molar-refractivity contribution < 1.29 is 19.4 Å². The van der Waals surface area contributed by atoms with E-state index in [1.807, 2.05) is 12.1 Å². The van der Waals surface area contributed by atoms with Gasteiger partial charge in [0.1, 0.15) is 5.75 Å². The van der Waals surface area contributed by atoms with Gasteiger partial charge in [-0.2, -0.15) is 0 Å². The van der Waals surface area contributed by atoms with E-state index in [0.717, 1.165) is 29.1 Å². The van der Waals surface area contributed by atoms with Gasteiger partial charge in [-0.25, -0.2) is 4.79 Å². The van der Waals surface area contributed by atoms with Gasteiger partial charge in [-0.1, -0.05) is 0 Å². The maximum atomic E-state index is 11.4. The Morgan fingerprint density at radius 2 is 1.78 bits per heavy atom. The fourth-order valence-electron chi connectivity index (χ4n) is 5.77. The van der Waals surface area contributed by atoms with Gasteiger partial charge >= 0.3 is 5.97 Å². The van der Waals surface area contributed by atoms with E-state index in [4.69, 9.17) is 9.47 Å². The van der Waals surface area contributed by atoms with Crippen LogP contribution in [0.4, 0.5) is 0 Å². The number of carboxylic acid groups (broad SMARTS) is 1. The second-order valence-corrected chi connectivity index (χ2v) is 7.76. The summed E-state index contributed by atoms with van der Waals surface area (Å²) >= 11 is 0. The Labute approximate surface area is 136 Å². The van der Waals surface area contributed by atoms with Crippen molar-refractivity contribution in [2.45, 2.75) is 43.9 Å². The molecule has 1 N–H and O–H groups in total. The van der Waals surface area contributed by atoms with Crippen molar-refractivity contribution in [2.24, 2.45) is 17.8 Å².